The molecule has 0 radical (unpaired) electrons. The molecule has 1 N–H and O–H groups in total. The molecule has 0 bridgehead atoms. The summed E-state index contributed by atoms with van der Waals surface area (Å²) in [6.45, 7) is 7.04. The number of halogens is 5. The predicted octanol–water partition coefficient (Wildman–Crippen LogP) is 7.78. The molecule has 1 amide bonds. The minimum atomic E-state index is -2.82. The number of rotatable bonds is 6. The molecule has 0 aliphatic rings. The smallest absolute Gasteiger partial charge is 0.280 e. The number of aryl methyl sites for hydroxylation is 2. The van der Waals surface area contributed by atoms with Crippen LogP contribution in [0.25, 0.3) is 22.6 Å². The lowest BCUT2D eigenvalue weighted by Crippen LogP contribution is -2.01. The van der Waals surface area contributed by atoms with E-state index >= 15 is 0 Å². The third kappa shape index (κ3) is 8.25. The van der Waals surface area contributed by atoms with Gasteiger partial charge in [0.05, 0.1) is 18.4 Å². The Morgan fingerprint density at radius 2 is 1.68 bits per heavy atom. The average molecular weight is 539 g/mol. The van der Waals surface area contributed by atoms with E-state index in [-0.39, 0.29) is 40.8 Å². The molecule has 38 heavy (non-hydrogen) atoms. The Morgan fingerprint density at radius 3 is 2.18 bits per heavy atom. The van der Waals surface area contributed by atoms with Gasteiger partial charge in [-0.3, -0.25) is 13.9 Å². The Hall–Kier alpha value is -4.02. The lowest BCUT2D eigenvalue weighted by atomic mass is 9.99. The van der Waals surface area contributed by atoms with Crippen LogP contribution < -0.4 is 5.32 Å². The highest BCUT2D eigenvalue weighted by atomic mass is 19.3. The van der Waals surface area contributed by atoms with Crippen molar-refractivity contribution in [3.05, 3.63) is 77.6 Å². The van der Waals surface area contributed by atoms with E-state index < -0.39 is 17.9 Å². The minimum Gasteiger partial charge on any atom is -0.353 e. The normalized spacial score (nSPS) is 9.87. The fourth-order valence-electron chi connectivity index (χ4n) is 3.26. The van der Waals surface area contributed by atoms with Gasteiger partial charge in [-0.15, -0.1) is 0 Å². The first-order chi connectivity index (χ1) is 18.3. The van der Waals surface area contributed by atoms with E-state index in [4.69, 9.17) is 4.52 Å². The number of amides is 1. The molecule has 4 rings (SSSR count). The molecule has 2 aromatic carbocycles. The summed E-state index contributed by atoms with van der Waals surface area (Å²) in [4.78, 5) is 11.1. The first-order valence-corrected chi connectivity index (χ1v) is 11.8. The van der Waals surface area contributed by atoms with Crippen molar-refractivity contribution < 1.29 is 31.3 Å². The average Bonchev–Trinajstić information content (AvgIpc) is 3.49. The van der Waals surface area contributed by atoms with E-state index in [9.17, 15) is 26.7 Å². The van der Waals surface area contributed by atoms with E-state index in [2.05, 4.69) is 15.6 Å². The summed E-state index contributed by atoms with van der Waals surface area (Å²) in [5.74, 6) is -0.846. The number of alkyl halides is 3. The number of nitrogens with zero attached hydrogens (tertiary/aromatic N) is 3. The van der Waals surface area contributed by atoms with Crippen molar-refractivity contribution >= 4 is 12.1 Å². The van der Waals surface area contributed by atoms with Gasteiger partial charge in [-0.2, -0.15) is 5.10 Å². The Kier molecular flexibility index (Phi) is 14.0. The maximum atomic E-state index is 14.4. The second-order valence-corrected chi connectivity index (χ2v) is 7.06. The minimum absolute atomic E-state index is 0.00898. The zero-order valence-corrected chi connectivity index (χ0v) is 21.8. The maximum Gasteiger partial charge on any atom is 0.280 e. The van der Waals surface area contributed by atoms with Crippen molar-refractivity contribution in [1.29, 1.82) is 0 Å². The van der Waals surface area contributed by atoms with E-state index in [0.29, 0.717) is 18.4 Å². The standard InChI is InChI=1S/C17H15F3N4O2.C6H5F.C2H5F.C2H6/c1-3-9-5-4-6-11(18)12(9)13-14(21-8-25)16(26-23-13)10-7-22-24(2)15(10)17(19)20;7-6-4-2-1-3-5-6;1-2-3;1-2/h4-8,17H,3H2,1-2H3,(H,21,25);1-5H;2H2,1H3;1-2H3. The van der Waals surface area contributed by atoms with Crippen LogP contribution >= 0.6 is 0 Å². The van der Waals surface area contributed by atoms with Crippen molar-refractivity contribution in [2.45, 2.75) is 40.5 Å². The van der Waals surface area contributed by atoms with Crippen LogP contribution in [0.4, 0.5) is 27.6 Å². The Bertz CT molecular complexity index is 1240. The summed E-state index contributed by atoms with van der Waals surface area (Å²) >= 11 is 0. The van der Waals surface area contributed by atoms with Crippen molar-refractivity contribution in [3.8, 4) is 22.6 Å². The number of hydrogen-bond acceptors (Lipinski definition) is 4. The highest BCUT2D eigenvalue weighted by molar-refractivity contribution is 5.92. The molecule has 2 heterocycles. The van der Waals surface area contributed by atoms with Gasteiger partial charge in [0.2, 0.25) is 6.41 Å². The van der Waals surface area contributed by atoms with Crippen molar-refractivity contribution in [1.82, 2.24) is 14.9 Å². The van der Waals surface area contributed by atoms with Gasteiger partial charge in [-0.05, 0) is 37.1 Å². The Balaban J connectivity index is 0.000000502. The van der Waals surface area contributed by atoms with Crippen LogP contribution in [-0.2, 0) is 18.3 Å². The van der Waals surface area contributed by atoms with Gasteiger partial charge in [0, 0.05) is 12.6 Å². The van der Waals surface area contributed by atoms with Crippen LogP contribution in [0.3, 0.4) is 0 Å². The topological polar surface area (TPSA) is 73.0 Å². The number of carbonyl (C=O) groups excluding carboxylic acids is 1. The van der Waals surface area contributed by atoms with Crippen LogP contribution in [0.2, 0.25) is 0 Å². The van der Waals surface area contributed by atoms with Gasteiger partial charge in [0.25, 0.3) is 6.43 Å². The summed E-state index contributed by atoms with van der Waals surface area (Å²) in [5, 5.41) is 10.0. The number of nitrogens with one attached hydrogen (secondary N) is 1. The zero-order valence-electron chi connectivity index (χ0n) is 21.8. The number of hydrogen-bond donors (Lipinski definition) is 1. The highest BCUT2D eigenvalue weighted by Crippen LogP contribution is 2.41. The molecule has 0 aliphatic carbocycles. The fourth-order valence-corrected chi connectivity index (χ4v) is 3.26. The van der Waals surface area contributed by atoms with Crippen LogP contribution in [0.5, 0.6) is 0 Å². The molecule has 4 aromatic rings. The lowest BCUT2D eigenvalue weighted by molar-refractivity contribution is -0.105. The summed E-state index contributed by atoms with van der Waals surface area (Å²) in [7, 11) is 1.36. The van der Waals surface area contributed by atoms with Crippen molar-refractivity contribution in [3.63, 3.8) is 0 Å². The predicted molar refractivity (Wildman–Crippen MR) is 138 cm³/mol. The molecule has 0 unspecified atom stereocenters. The van der Waals surface area contributed by atoms with Gasteiger partial charge in [-0.1, -0.05) is 56.3 Å². The van der Waals surface area contributed by atoms with Crippen molar-refractivity contribution in [2.24, 2.45) is 7.05 Å². The van der Waals surface area contributed by atoms with E-state index in [1.807, 2.05) is 20.8 Å². The number of anilines is 1. The summed E-state index contributed by atoms with van der Waals surface area (Å²) in [6, 6.07) is 12.5. The number of carbonyl (C=O) groups is 1. The quantitative estimate of drug-likeness (QED) is 0.201. The summed E-state index contributed by atoms with van der Waals surface area (Å²) in [5.41, 5.74) is 0.405. The molecule has 6 nitrogen and oxygen atoms in total. The first kappa shape index (κ1) is 32.0. The van der Waals surface area contributed by atoms with E-state index in [1.165, 1.54) is 38.4 Å². The van der Waals surface area contributed by atoms with E-state index in [0.717, 1.165) is 4.68 Å². The van der Waals surface area contributed by atoms with Gasteiger partial charge >= 0.3 is 0 Å². The Labute approximate surface area is 218 Å². The molecule has 0 saturated carbocycles. The van der Waals surface area contributed by atoms with Crippen LogP contribution in [0.1, 0.15) is 45.4 Å². The molecule has 0 saturated heterocycles. The zero-order chi connectivity index (χ0) is 28.7. The molecular weight excluding hydrogens is 507 g/mol. The number of aromatic nitrogens is 3. The van der Waals surface area contributed by atoms with Gasteiger partial charge in [0.1, 0.15) is 28.7 Å². The molecule has 11 heteroatoms. The van der Waals surface area contributed by atoms with Gasteiger partial charge < -0.3 is 9.84 Å². The van der Waals surface area contributed by atoms with Gasteiger partial charge in [0.15, 0.2) is 5.76 Å². The maximum absolute atomic E-state index is 14.4. The summed E-state index contributed by atoms with van der Waals surface area (Å²) < 4.78 is 69.6. The van der Waals surface area contributed by atoms with Crippen LogP contribution in [0.15, 0.2) is 59.3 Å². The molecule has 0 spiro atoms. The fraction of sp³-hybridized carbons (Fsp3) is 0.296. The summed E-state index contributed by atoms with van der Waals surface area (Å²) in [6.07, 6.45) is -0.783. The highest BCUT2D eigenvalue weighted by Gasteiger charge is 2.28. The molecule has 0 aliphatic heterocycles. The van der Waals surface area contributed by atoms with Gasteiger partial charge in [-0.25, -0.2) is 17.6 Å². The molecule has 206 valence electrons. The van der Waals surface area contributed by atoms with E-state index in [1.54, 1.807) is 30.3 Å². The second-order valence-electron chi connectivity index (χ2n) is 7.06. The third-order valence-electron chi connectivity index (χ3n) is 4.78. The first-order valence-electron chi connectivity index (χ1n) is 11.8. The van der Waals surface area contributed by atoms with Crippen LogP contribution in [-0.4, -0.2) is 28.0 Å². The van der Waals surface area contributed by atoms with Crippen LogP contribution in [0, 0.1) is 11.6 Å². The second kappa shape index (κ2) is 16.7. The van der Waals surface area contributed by atoms with Crippen molar-refractivity contribution in [2.75, 3.05) is 12.0 Å². The SMILES string of the molecule is CC.CCF.CCc1cccc(F)c1-c1noc(-c2cnn(C)c2C(F)F)c1NC=O.Fc1ccccc1. The molecular formula is C27H31F5N4O2. The largest absolute Gasteiger partial charge is 0.353 e. The lowest BCUT2D eigenvalue weighted by Gasteiger charge is -2.08. The third-order valence-corrected chi connectivity index (χ3v) is 4.78. The monoisotopic (exact) mass is 538 g/mol. The molecule has 2 aromatic heterocycles. The number of benzene rings is 2. The molecule has 0 atom stereocenters. The molecule has 0 fully saturated rings. The Morgan fingerprint density at radius 1 is 1.05 bits per heavy atom.